The molecular formula is C18H27LiO2. The van der Waals surface area contributed by atoms with Crippen molar-refractivity contribution >= 4 is 5.97 Å². The molecule has 0 heterocycles. The van der Waals surface area contributed by atoms with Gasteiger partial charge in [0.15, 0.2) is 0 Å². The van der Waals surface area contributed by atoms with Gasteiger partial charge in [0, 0.05) is 5.41 Å². The van der Waals surface area contributed by atoms with Crippen LogP contribution in [-0.4, -0.2) is 5.97 Å². The molecule has 0 aliphatic heterocycles. The minimum atomic E-state index is -0.963. The van der Waals surface area contributed by atoms with Gasteiger partial charge in [-0.3, -0.25) is 0 Å². The van der Waals surface area contributed by atoms with Crippen molar-refractivity contribution in [2.45, 2.75) is 70.6 Å². The first-order valence-electron chi connectivity index (χ1n) is 7.88. The minimum absolute atomic E-state index is 0. The molecule has 0 aliphatic rings. The summed E-state index contributed by atoms with van der Waals surface area (Å²) in [6.45, 7) is 4.00. The van der Waals surface area contributed by atoms with E-state index in [4.69, 9.17) is 0 Å². The summed E-state index contributed by atoms with van der Waals surface area (Å²) in [5.41, 5.74) is -0.00371. The van der Waals surface area contributed by atoms with Gasteiger partial charge in [0.2, 0.25) is 0 Å². The zero-order valence-electron chi connectivity index (χ0n) is 13.9. The summed E-state index contributed by atoms with van der Waals surface area (Å²) in [4.78, 5) is 11.5. The average molecular weight is 282 g/mol. The summed E-state index contributed by atoms with van der Waals surface area (Å²) < 4.78 is 0. The van der Waals surface area contributed by atoms with Crippen LogP contribution in [-0.2, 0) is 10.2 Å². The number of hydrogen-bond donors (Lipinski definition) is 0. The zero-order chi connectivity index (χ0) is 14.8. The Balaban J connectivity index is 0.00000400. The Morgan fingerprint density at radius 3 is 2.05 bits per heavy atom. The Hall–Kier alpha value is -0.713. The Bertz CT molecular complexity index is 391. The molecule has 1 aromatic rings. The van der Waals surface area contributed by atoms with Gasteiger partial charge in [-0.05, 0) is 12.0 Å². The predicted octanol–water partition coefficient (Wildman–Crippen LogP) is 0.839. The maximum atomic E-state index is 11.5. The van der Waals surface area contributed by atoms with Crippen LogP contribution in [0, 0.1) is 0 Å². The van der Waals surface area contributed by atoms with Gasteiger partial charge >= 0.3 is 18.9 Å². The van der Waals surface area contributed by atoms with Gasteiger partial charge in [0.1, 0.15) is 0 Å². The molecule has 0 N–H and O–H groups in total. The van der Waals surface area contributed by atoms with Crippen LogP contribution in [0.5, 0.6) is 0 Å². The normalized spacial score (nSPS) is 13.2. The number of rotatable bonds is 10. The Kier molecular flexibility index (Phi) is 10.6. The fourth-order valence-electron chi connectivity index (χ4n) is 2.61. The largest absolute Gasteiger partial charge is 1.00 e. The number of carboxylic acids is 1. The van der Waals surface area contributed by atoms with E-state index in [0.29, 0.717) is 6.42 Å². The SMILES string of the molecule is CCCCCCCCCC(C)(C(=O)[O-])c1ccccc1.[Li+]. The van der Waals surface area contributed by atoms with Crippen molar-refractivity contribution in [1.82, 2.24) is 0 Å². The molecule has 0 saturated carbocycles. The van der Waals surface area contributed by atoms with Gasteiger partial charge in [-0.2, -0.15) is 0 Å². The second kappa shape index (κ2) is 10.9. The number of carboxylic acid groups (broad SMARTS) is 1. The topological polar surface area (TPSA) is 40.1 Å². The molecule has 2 nitrogen and oxygen atoms in total. The molecule has 0 aromatic heterocycles. The molecule has 1 rings (SSSR count). The van der Waals surface area contributed by atoms with E-state index >= 15 is 0 Å². The van der Waals surface area contributed by atoms with Crippen LogP contribution in [0.4, 0.5) is 0 Å². The molecule has 1 unspecified atom stereocenters. The van der Waals surface area contributed by atoms with Gasteiger partial charge < -0.3 is 9.90 Å². The van der Waals surface area contributed by atoms with E-state index in [1.165, 1.54) is 32.1 Å². The van der Waals surface area contributed by atoms with Gasteiger partial charge in [-0.15, -0.1) is 0 Å². The molecule has 1 atom stereocenters. The first-order valence-corrected chi connectivity index (χ1v) is 7.88. The average Bonchev–Trinajstić information content (AvgIpc) is 2.46. The standard InChI is InChI=1S/C18H28O2.Li/c1-3-4-5-6-7-8-12-15-18(2,17(19)20)16-13-10-9-11-14-16;/h9-11,13-14H,3-8,12,15H2,1-2H3,(H,19,20);/q;+1/p-1. The first-order chi connectivity index (χ1) is 9.61. The molecule has 0 bridgehead atoms. The molecule has 0 fully saturated rings. The maximum absolute atomic E-state index is 11.5. The van der Waals surface area contributed by atoms with Crippen LogP contribution in [0.2, 0.25) is 0 Å². The minimum Gasteiger partial charge on any atom is -0.549 e. The predicted molar refractivity (Wildman–Crippen MR) is 81.4 cm³/mol. The fraction of sp³-hybridized carbons (Fsp3) is 0.611. The summed E-state index contributed by atoms with van der Waals surface area (Å²) in [6.07, 6.45) is 9.06. The third-order valence-corrected chi connectivity index (χ3v) is 4.14. The molecule has 0 aliphatic carbocycles. The number of benzene rings is 1. The Morgan fingerprint density at radius 1 is 1.00 bits per heavy atom. The van der Waals surface area contributed by atoms with Crippen molar-refractivity contribution in [2.24, 2.45) is 0 Å². The summed E-state index contributed by atoms with van der Waals surface area (Å²) in [5.74, 6) is -0.963. The van der Waals surface area contributed by atoms with Crippen LogP contribution >= 0.6 is 0 Å². The summed E-state index contributed by atoms with van der Waals surface area (Å²) in [5, 5.41) is 11.5. The second-order valence-electron chi connectivity index (χ2n) is 5.86. The first kappa shape index (κ1) is 20.3. The van der Waals surface area contributed by atoms with E-state index < -0.39 is 11.4 Å². The van der Waals surface area contributed by atoms with Gasteiger partial charge in [-0.1, -0.05) is 89.1 Å². The van der Waals surface area contributed by atoms with Crippen molar-refractivity contribution in [3.05, 3.63) is 35.9 Å². The number of aliphatic carboxylic acids is 1. The zero-order valence-corrected chi connectivity index (χ0v) is 13.9. The summed E-state index contributed by atoms with van der Waals surface area (Å²) in [6, 6.07) is 9.46. The van der Waals surface area contributed by atoms with Crippen LogP contribution in [0.25, 0.3) is 0 Å². The number of unbranched alkanes of at least 4 members (excludes halogenated alkanes) is 6. The van der Waals surface area contributed by atoms with E-state index in [-0.39, 0.29) is 18.9 Å². The Morgan fingerprint density at radius 2 is 1.52 bits per heavy atom. The van der Waals surface area contributed by atoms with Crippen LogP contribution in [0.3, 0.4) is 0 Å². The van der Waals surface area contributed by atoms with Crippen LogP contribution in [0.15, 0.2) is 30.3 Å². The van der Waals surface area contributed by atoms with Crippen LogP contribution < -0.4 is 24.0 Å². The van der Waals surface area contributed by atoms with Gasteiger partial charge in [-0.25, -0.2) is 0 Å². The molecule has 0 saturated heterocycles. The third kappa shape index (κ3) is 6.72. The number of hydrogen-bond acceptors (Lipinski definition) is 2. The summed E-state index contributed by atoms with van der Waals surface area (Å²) >= 11 is 0. The van der Waals surface area contributed by atoms with Gasteiger partial charge in [0.05, 0.1) is 5.97 Å². The van der Waals surface area contributed by atoms with E-state index in [2.05, 4.69) is 6.92 Å². The van der Waals surface area contributed by atoms with E-state index in [9.17, 15) is 9.90 Å². The van der Waals surface area contributed by atoms with E-state index in [1.807, 2.05) is 30.3 Å². The number of carbonyl (C=O) groups excluding carboxylic acids is 1. The molecule has 0 amide bonds. The molecule has 1 aromatic carbocycles. The molecule has 112 valence electrons. The molecular weight excluding hydrogens is 255 g/mol. The number of carbonyl (C=O) groups is 1. The smallest absolute Gasteiger partial charge is 0.549 e. The van der Waals surface area contributed by atoms with Crippen molar-refractivity contribution in [3.63, 3.8) is 0 Å². The van der Waals surface area contributed by atoms with E-state index in [0.717, 1.165) is 18.4 Å². The molecule has 3 heteroatoms. The fourth-order valence-corrected chi connectivity index (χ4v) is 2.61. The Labute approximate surface area is 141 Å². The van der Waals surface area contributed by atoms with Crippen molar-refractivity contribution in [3.8, 4) is 0 Å². The van der Waals surface area contributed by atoms with Gasteiger partial charge in [0.25, 0.3) is 0 Å². The maximum Gasteiger partial charge on any atom is 1.00 e. The third-order valence-electron chi connectivity index (χ3n) is 4.14. The monoisotopic (exact) mass is 282 g/mol. The summed E-state index contributed by atoms with van der Waals surface area (Å²) in [7, 11) is 0. The van der Waals surface area contributed by atoms with E-state index in [1.54, 1.807) is 6.92 Å². The molecule has 0 radical (unpaired) electrons. The van der Waals surface area contributed by atoms with Crippen molar-refractivity contribution in [2.75, 3.05) is 0 Å². The quantitative estimate of drug-likeness (QED) is 0.471. The van der Waals surface area contributed by atoms with Crippen molar-refractivity contribution < 1.29 is 28.8 Å². The molecule has 21 heavy (non-hydrogen) atoms. The van der Waals surface area contributed by atoms with Crippen molar-refractivity contribution in [1.29, 1.82) is 0 Å². The molecule has 0 spiro atoms. The van der Waals surface area contributed by atoms with Crippen LogP contribution in [0.1, 0.15) is 70.8 Å². The second-order valence-corrected chi connectivity index (χ2v) is 5.86.